The number of halogens is 2. The van der Waals surface area contributed by atoms with Gasteiger partial charge in [0.05, 0.1) is 5.02 Å². The fourth-order valence-corrected chi connectivity index (χ4v) is 2.41. The second-order valence-electron chi connectivity index (χ2n) is 4.43. The zero-order valence-electron chi connectivity index (χ0n) is 11.2. The number of ether oxygens (including phenoxy) is 1. The summed E-state index contributed by atoms with van der Waals surface area (Å²) in [5.41, 5.74) is 7.35. The fraction of sp³-hybridized carbons (Fsp3) is 0.125. The van der Waals surface area contributed by atoms with Gasteiger partial charge in [-0.15, -0.1) is 0 Å². The smallest absolute Gasteiger partial charge is 0.138 e. The first-order valence-electron chi connectivity index (χ1n) is 6.29. The summed E-state index contributed by atoms with van der Waals surface area (Å²) in [6.07, 6.45) is 0.637. The standard InChI is InChI=1S/C16H15Cl2NO2/c1-2-8-21-14-5-3-4-11(15(14)18)16(20)12-9-10(17)6-7-13(12)19/h2-7,9,16,20H,1,8,19H2/t16-/m1/s1. The van der Waals surface area contributed by atoms with E-state index in [9.17, 15) is 5.11 Å². The van der Waals surface area contributed by atoms with Gasteiger partial charge < -0.3 is 15.6 Å². The molecular weight excluding hydrogens is 309 g/mol. The molecule has 2 aromatic carbocycles. The predicted octanol–water partition coefficient (Wildman–Crippen LogP) is 4.22. The fourth-order valence-electron chi connectivity index (χ4n) is 1.95. The van der Waals surface area contributed by atoms with E-state index >= 15 is 0 Å². The second-order valence-corrected chi connectivity index (χ2v) is 5.25. The summed E-state index contributed by atoms with van der Waals surface area (Å²) < 4.78 is 5.45. The summed E-state index contributed by atoms with van der Waals surface area (Å²) in [5.74, 6) is 0.480. The quantitative estimate of drug-likeness (QED) is 0.639. The number of rotatable bonds is 5. The van der Waals surface area contributed by atoms with Gasteiger partial charge in [-0.1, -0.05) is 48.0 Å². The van der Waals surface area contributed by atoms with Gasteiger partial charge >= 0.3 is 0 Å². The van der Waals surface area contributed by atoms with Crippen molar-refractivity contribution in [2.24, 2.45) is 0 Å². The van der Waals surface area contributed by atoms with Crippen molar-refractivity contribution in [2.75, 3.05) is 12.3 Å². The van der Waals surface area contributed by atoms with Crippen molar-refractivity contribution in [3.63, 3.8) is 0 Å². The topological polar surface area (TPSA) is 55.5 Å². The van der Waals surface area contributed by atoms with Crippen molar-refractivity contribution >= 4 is 28.9 Å². The Bertz CT molecular complexity index is 659. The molecule has 0 radical (unpaired) electrons. The van der Waals surface area contributed by atoms with Crippen LogP contribution in [0.5, 0.6) is 5.75 Å². The van der Waals surface area contributed by atoms with E-state index in [0.717, 1.165) is 0 Å². The number of benzene rings is 2. The number of aliphatic hydroxyl groups is 1. The Balaban J connectivity index is 2.41. The normalized spacial score (nSPS) is 12.0. The molecule has 0 amide bonds. The third kappa shape index (κ3) is 3.50. The molecule has 0 aliphatic carbocycles. The lowest BCUT2D eigenvalue weighted by Crippen LogP contribution is -2.05. The maximum absolute atomic E-state index is 10.5. The van der Waals surface area contributed by atoms with E-state index in [0.29, 0.717) is 39.2 Å². The molecule has 0 aromatic heterocycles. The van der Waals surface area contributed by atoms with Crippen LogP contribution < -0.4 is 10.5 Å². The lowest BCUT2D eigenvalue weighted by Gasteiger charge is -2.17. The largest absolute Gasteiger partial charge is 0.488 e. The minimum atomic E-state index is -0.983. The first-order chi connectivity index (χ1) is 10.0. The molecule has 3 N–H and O–H groups in total. The van der Waals surface area contributed by atoms with Crippen molar-refractivity contribution in [3.05, 3.63) is 70.2 Å². The molecule has 0 aliphatic heterocycles. The minimum Gasteiger partial charge on any atom is -0.488 e. The van der Waals surface area contributed by atoms with E-state index in [4.69, 9.17) is 33.7 Å². The van der Waals surface area contributed by atoms with Gasteiger partial charge in [-0.05, 0) is 24.3 Å². The van der Waals surface area contributed by atoms with Crippen molar-refractivity contribution in [1.82, 2.24) is 0 Å². The Morgan fingerprint density at radius 3 is 2.71 bits per heavy atom. The Morgan fingerprint density at radius 2 is 2.00 bits per heavy atom. The summed E-state index contributed by atoms with van der Waals surface area (Å²) in [6, 6.07) is 10.1. The van der Waals surface area contributed by atoms with Crippen molar-refractivity contribution < 1.29 is 9.84 Å². The molecule has 5 heteroatoms. The Kier molecular flexibility index (Phi) is 5.12. The predicted molar refractivity (Wildman–Crippen MR) is 87.1 cm³/mol. The zero-order valence-corrected chi connectivity index (χ0v) is 12.7. The highest BCUT2D eigenvalue weighted by Gasteiger charge is 2.19. The highest BCUT2D eigenvalue weighted by molar-refractivity contribution is 6.33. The monoisotopic (exact) mass is 323 g/mol. The van der Waals surface area contributed by atoms with Crippen LogP contribution in [0, 0.1) is 0 Å². The summed E-state index contributed by atoms with van der Waals surface area (Å²) in [4.78, 5) is 0. The molecule has 1 atom stereocenters. The van der Waals surface area contributed by atoms with E-state index < -0.39 is 6.10 Å². The Labute approximate surface area is 133 Å². The highest BCUT2D eigenvalue weighted by Crippen LogP contribution is 2.37. The molecular formula is C16H15Cl2NO2. The molecule has 0 fully saturated rings. The number of nitrogen functional groups attached to an aromatic ring is 1. The molecule has 0 heterocycles. The van der Waals surface area contributed by atoms with Crippen molar-refractivity contribution in [1.29, 1.82) is 0 Å². The third-order valence-electron chi connectivity index (χ3n) is 2.99. The molecule has 3 nitrogen and oxygen atoms in total. The number of nitrogens with two attached hydrogens (primary N) is 1. The maximum atomic E-state index is 10.5. The zero-order chi connectivity index (χ0) is 15.4. The van der Waals surface area contributed by atoms with Gasteiger partial charge in [0.25, 0.3) is 0 Å². The maximum Gasteiger partial charge on any atom is 0.138 e. The van der Waals surface area contributed by atoms with Crippen LogP contribution in [0.1, 0.15) is 17.2 Å². The average Bonchev–Trinajstić information content (AvgIpc) is 2.48. The van der Waals surface area contributed by atoms with E-state index in [1.165, 1.54) is 0 Å². The Morgan fingerprint density at radius 1 is 1.24 bits per heavy atom. The molecule has 0 saturated carbocycles. The van der Waals surface area contributed by atoms with Gasteiger partial charge in [-0.2, -0.15) is 0 Å². The second kappa shape index (κ2) is 6.85. The SMILES string of the molecule is C=CCOc1cccc([C@@H](O)c2cc(Cl)ccc2N)c1Cl. The molecule has 0 aliphatic rings. The first-order valence-corrected chi connectivity index (χ1v) is 7.05. The summed E-state index contributed by atoms with van der Waals surface area (Å²) in [7, 11) is 0. The van der Waals surface area contributed by atoms with E-state index in [1.807, 2.05) is 0 Å². The van der Waals surface area contributed by atoms with Crippen molar-refractivity contribution in [2.45, 2.75) is 6.10 Å². The van der Waals surface area contributed by atoms with Gasteiger partial charge in [-0.25, -0.2) is 0 Å². The summed E-state index contributed by atoms with van der Waals surface area (Å²) >= 11 is 12.2. The summed E-state index contributed by atoms with van der Waals surface area (Å²) in [6.45, 7) is 3.92. The third-order valence-corrected chi connectivity index (χ3v) is 3.63. The van der Waals surface area contributed by atoms with Crippen LogP contribution in [0.2, 0.25) is 10.0 Å². The number of anilines is 1. The van der Waals surface area contributed by atoms with Crippen LogP contribution in [0.4, 0.5) is 5.69 Å². The molecule has 0 unspecified atom stereocenters. The molecule has 21 heavy (non-hydrogen) atoms. The van der Waals surface area contributed by atoms with Gasteiger partial charge in [0.2, 0.25) is 0 Å². The number of hydrogen-bond donors (Lipinski definition) is 2. The number of hydrogen-bond acceptors (Lipinski definition) is 3. The lowest BCUT2D eigenvalue weighted by atomic mass is 9.99. The van der Waals surface area contributed by atoms with Gasteiger partial charge in [0.1, 0.15) is 18.5 Å². The van der Waals surface area contributed by atoms with Gasteiger partial charge in [0, 0.05) is 21.8 Å². The molecule has 110 valence electrons. The molecule has 0 bridgehead atoms. The van der Waals surface area contributed by atoms with Crippen LogP contribution >= 0.6 is 23.2 Å². The first kappa shape index (κ1) is 15.7. The van der Waals surface area contributed by atoms with Crippen LogP contribution in [0.25, 0.3) is 0 Å². The van der Waals surface area contributed by atoms with Gasteiger partial charge in [0.15, 0.2) is 0 Å². The van der Waals surface area contributed by atoms with Crippen LogP contribution in [-0.2, 0) is 0 Å². The van der Waals surface area contributed by atoms with Crippen LogP contribution in [0.3, 0.4) is 0 Å². The van der Waals surface area contributed by atoms with Gasteiger partial charge in [-0.3, -0.25) is 0 Å². The molecule has 2 aromatic rings. The molecule has 2 rings (SSSR count). The number of aliphatic hydroxyl groups excluding tert-OH is 1. The highest BCUT2D eigenvalue weighted by atomic mass is 35.5. The van der Waals surface area contributed by atoms with Crippen molar-refractivity contribution in [3.8, 4) is 5.75 Å². The average molecular weight is 324 g/mol. The minimum absolute atomic E-state index is 0.332. The molecule has 0 saturated heterocycles. The van der Waals surface area contributed by atoms with E-state index in [2.05, 4.69) is 6.58 Å². The summed E-state index contributed by atoms with van der Waals surface area (Å²) in [5, 5.41) is 11.4. The van der Waals surface area contributed by atoms with Crippen LogP contribution in [0.15, 0.2) is 49.1 Å². The van der Waals surface area contributed by atoms with E-state index in [1.54, 1.807) is 42.5 Å². The Hall–Kier alpha value is -1.68. The molecule has 0 spiro atoms. The van der Waals surface area contributed by atoms with E-state index in [-0.39, 0.29) is 0 Å². The lowest BCUT2D eigenvalue weighted by molar-refractivity contribution is 0.220. The van der Waals surface area contributed by atoms with Crippen LogP contribution in [-0.4, -0.2) is 11.7 Å².